The van der Waals surface area contributed by atoms with E-state index in [4.69, 9.17) is 4.42 Å². The zero-order valence-corrected chi connectivity index (χ0v) is 11.6. The van der Waals surface area contributed by atoms with E-state index < -0.39 is 9.84 Å². The van der Waals surface area contributed by atoms with Crippen molar-refractivity contribution in [3.05, 3.63) is 30.2 Å². The molecule has 0 saturated carbocycles. The first kappa shape index (κ1) is 13.9. The minimum atomic E-state index is -2.99. The molecular formula is C13H17NO4S. The average Bonchev–Trinajstić information content (AvgIpc) is 2.88. The number of likely N-dealkylation sites (tertiary alicyclic amines) is 1. The Balaban J connectivity index is 1.89. The Kier molecular flexibility index (Phi) is 4.09. The fourth-order valence-electron chi connectivity index (χ4n) is 2.15. The smallest absolute Gasteiger partial charge is 0.246 e. The van der Waals surface area contributed by atoms with E-state index in [9.17, 15) is 13.2 Å². The second-order valence-corrected chi connectivity index (χ2v) is 7.03. The minimum absolute atomic E-state index is 0.108. The van der Waals surface area contributed by atoms with E-state index >= 15 is 0 Å². The van der Waals surface area contributed by atoms with Gasteiger partial charge >= 0.3 is 0 Å². The van der Waals surface area contributed by atoms with Crippen molar-refractivity contribution in [1.29, 1.82) is 0 Å². The molecule has 0 radical (unpaired) electrons. The number of carbonyl (C=O) groups excluding carboxylic acids is 1. The van der Waals surface area contributed by atoms with E-state index in [1.807, 2.05) is 0 Å². The first-order chi connectivity index (χ1) is 8.97. The summed E-state index contributed by atoms with van der Waals surface area (Å²) >= 11 is 0. The summed E-state index contributed by atoms with van der Waals surface area (Å²) in [6.45, 7) is 0.970. The van der Waals surface area contributed by atoms with Gasteiger partial charge in [-0.15, -0.1) is 0 Å². The Morgan fingerprint density at radius 2 is 2.11 bits per heavy atom. The maximum absolute atomic E-state index is 11.9. The van der Waals surface area contributed by atoms with Crippen LogP contribution in [-0.2, 0) is 14.6 Å². The second-order valence-electron chi connectivity index (χ2n) is 4.70. The van der Waals surface area contributed by atoms with Crippen molar-refractivity contribution in [2.45, 2.75) is 18.1 Å². The van der Waals surface area contributed by atoms with Crippen LogP contribution in [0.5, 0.6) is 0 Å². The van der Waals surface area contributed by atoms with Crippen molar-refractivity contribution in [2.24, 2.45) is 0 Å². The van der Waals surface area contributed by atoms with E-state index in [0.717, 1.165) is 0 Å². The van der Waals surface area contributed by atoms with Crippen molar-refractivity contribution in [3.63, 3.8) is 0 Å². The Labute approximate surface area is 112 Å². The number of carbonyl (C=O) groups is 1. The molecule has 0 N–H and O–H groups in total. The number of sulfone groups is 1. The summed E-state index contributed by atoms with van der Waals surface area (Å²) < 4.78 is 27.9. The molecule has 0 unspecified atom stereocenters. The van der Waals surface area contributed by atoms with Gasteiger partial charge in [-0.05, 0) is 31.1 Å². The maximum atomic E-state index is 11.9. The molecule has 0 aliphatic carbocycles. The van der Waals surface area contributed by atoms with Gasteiger partial charge in [-0.2, -0.15) is 0 Å². The Bertz CT molecular complexity index is 551. The predicted octanol–water partition coefficient (Wildman–Crippen LogP) is 1.33. The fraction of sp³-hybridized carbons (Fsp3) is 0.462. The van der Waals surface area contributed by atoms with E-state index in [2.05, 4.69) is 0 Å². The summed E-state index contributed by atoms with van der Waals surface area (Å²) in [5.74, 6) is 0.516. The van der Waals surface area contributed by atoms with Gasteiger partial charge in [0.25, 0.3) is 0 Å². The van der Waals surface area contributed by atoms with E-state index in [1.165, 1.54) is 12.3 Å². The Hall–Kier alpha value is -1.56. The monoisotopic (exact) mass is 283 g/mol. The van der Waals surface area contributed by atoms with Crippen LogP contribution in [0.4, 0.5) is 0 Å². The third-order valence-corrected chi connectivity index (χ3v) is 4.97. The lowest BCUT2D eigenvalue weighted by molar-refractivity contribution is -0.126. The van der Waals surface area contributed by atoms with E-state index in [0.29, 0.717) is 31.7 Å². The van der Waals surface area contributed by atoms with Crippen LogP contribution < -0.4 is 0 Å². The molecule has 1 aliphatic rings. The third-order valence-electron chi connectivity index (χ3n) is 3.29. The van der Waals surface area contributed by atoms with Crippen LogP contribution in [0, 0.1) is 0 Å². The number of amides is 1. The number of nitrogens with zero attached hydrogens (tertiary/aromatic N) is 1. The molecule has 2 rings (SSSR count). The predicted molar refractivity (Wildman–Crippen MR) is 72.2 cm³/mol. The summed E-state index contributed by atoms with van der Waals surface area (Å²) in [5, 5.41) is -0.314. The molecule has 0 atom stereocenters. The van der Waals surface area contributed by atoms with Gasteiger partial charge in [0.05, 0.1) is 11.5 Å². The zero-order valence-electron chi connectivity index (χ0n) is 10.8. The molecule has 6 heteroatoms. The van der Waals surface area contributed by atoms with Gasteiger partial charge < -0.3 is 9.32 Å². The molecule has 0 spiro atoms. The van der Waals surface area contributed by atoms with Gasteiger partial charge in [0.2, 0.25) is 5.91 Å². The molecule has 1 fully saturated rings. The molecule has 1 amide bonds. The zero-order chi connectivity index (χ0) is 13.9. The van der Waals surface area contributed by atoms with Gasteiger partial charge in [0.1, 0.15) is 15.6 Å². The van der Waals surface area contributed by atoms with Gasteiger partial charge in [0.15, 0.2) is 0 Å². The van der Waals surface area contributed by atoms with Crippen LogP contribution in [-0.4, -0.2) is 43.8 Å². The van der Waals surface area contributed by atoms with Crippen LogP contribution in [0.3, 0.4) is 0 Å². The normalized spacial score (nSPS) is 18.1. The molecule has 1 aliphatic heterocycles. The number of hydrogen-bond donors (Lipinski definition) is 0. The van der Waals surface area contributed by atoms with Crippen LogP contribution in [0.2, 0.25) is 0 Å². The highest BCUT2D eigenvalue weighted by atomic mass is 32.2. The lowest BCUT2D eigenvalue weighted by Gasteiger charge is -2.30. The molecule has 0 bridgehead atoms. The lowest BCUT2D eigenvalue weighted by atomic mass is 10.1. The molecule has 5 nitrogen and oxygen atoms in total. The van der Waals surface area contributed by atoms with Crippen LogP contribution >= 0.6 is 0 Å². The van der Waals surface area contributed by atoms with Crippen LogP contribution in [0.1, 0.15) is 18.6 Å². The molecule has 1 saturated heterocycles. The lowest BCUT2D eigenvalue weighted by Crippen LogP contribution is -2.41. The molecule has 104 valence electrons. The standard InChI is InChI=1S/C13H17NO4S/c1-19(16,17)12-6-8-14(9-7-12)13(15)5-4-11-3-2-10-18-11/h2-5,10,12H,6-9H2,1H3/b5-4+. The molecule has 0 aromatic carbocycles. The highest BCUT2D eigenvalue weighted by molar-refractivity contribution is 7.91. The number of rotatable bonds is 3. The number of piperidine rings is 1. The SMILES string of the molecule is CS(=O)(=O)C1CCN(C(=O)/C=C/c2ccco2)CC1. The fourth-order valence-corrected chi connectivity index (χ4v) is 3.22. The largest absolute Gasteiger partial charge is 0.465 e. The highest BCUT2D eigenvalue weighted by Crippen LogP contribution is 2.17. The van der Waals surface area contributed by atoms with Gasteiger partial charge in [-0.3, -0.25) is 4.79 Å². The highest BCUT2D eigenvalue weighted by Gasteiger charge is 2.27. The molecule has 19 heavy (non-hydrogen) atoms. The Morgan fingerprint density at radius 1 is 1.42 bits per heavy atom. The number of hydrogen-bond acceptors (Lipinski definition) is 4. The van der Waals surface area contributed by atoms with Gasteiger partial charge in [-0.1, -0.05) is 0 Å². The van der Waals surface area contributed by atoms with Crippen molar-refractivity contribution >= 4 is 21.8 Å². The summed E-state index contributed by atoms with van der Waals surface area (Å²) in [4.78, 5) is 13.6. The summed E-state index contributed by atoms with van der Waals surface area (Å²) in [6, 6.07) is 3.52. The second kappa shape index (κ2) is 5.61. The molecular weight excluding hydrogens is 266 g/mol. The van der Waals surface area contributed by atoms with Crippen LogP contribution in [0.15, 0.2) is 28.9 Å². The molecule has 1 aromatic rings. The van der Waals surface area contributed by atoms with Crippen molar-refractivity contribution in [3.8, 4) is 0 Å². The minimum Gasteiger partial charge on any atom is -0.465 e. The van der Waals surface area contributed by atoms with E-state index in [-0.39, 0.29) is 11.2 Å². The third kappa shape index (κ3) is 3.70. The number of furan rings is 1. The summed E-state index contributed by atoms with van der Waals surface area (Å²) in [7, 11) is -2.99. The maximum Gasteiger partial charge on any atom is 0.246 e. The van der Waals surface area contributed by atoms with Crippen molar-refractivity contribution in [1.82, 2.24) is 4.90 Å². The first-order valence-corrected chi connectivity index (χ1v) is 8.11. The first-order valence-electron chi connectivity index (χ1n) is 6.16. The quantitative estimate of drug-likeness (QED) is 0.785. The summed E-state index contributed by atoms with van der Waals surface area (Å²) in [5.41, 5.74) is 0. The van der Waals surface area contributed by atoms with Gasteiger partial charge in [-0.25, -0.2) is 8.42 Å². The average molecular weight is 283 g/mol. The van der Waals surface area contributed by atoms with Crippen LogP contribution in [0.25, 0.3) is 6.08 Å². The van der Waals surface area contributed by atoms with Crippen molar-refractivity contribution < 1.29 is 17.6 Å². The Morgan fingerprint density at radius 3 is 2.63 bits per heavy atom. The topological polar surface area (TPSA) is 67.6 Å². The summed E-state index contributed by atoms with van der Waals surface area (Å²) in [6.07, 6.45) is 6.90. The van der Waals surface area contributed by atoms with E-state index in [1.54, 1.807) is 29.4 Å². The van der Waals surface area contributed by atoms with Crippen molar-refractivity contribution in [2.75, 3.05) is 19.3 Å². The molecule has 1 aromatic heterocycles. The van der Waals surface area contributed by atoms with Gasteiger partial charge in [0, 0.05) is 25.4 Å². The molecule has 2 heterocycles.